The Morgan fingerprint density at radius 2 is 2.03 bits per heavy atom. The fourth-order valence-electron chi connectivity index (χ4n) is 3.60. The van der Waals surface area contributed by atoms with E-state index in [0.717, 1.165) is 37.6 Å². The summed E-state index contributed by atoms with van der Waals surface area (Å²) in [5, 5.41) is 14.1. The molecule has 1 aromatic heterocycles. The van der Waals surface area contributed by atoms with Gasteiger partial charge < -0.3 is 25.2 Å². The number of anilines is 3. The predicted octanol–water partition coefficient (Wildman–Crippen LogP) is 2.16. The molecule has 154 valence electrons. The van der Waals surface area contributed by atoms with Gasteiger partial charge in [0.15, 0.2) is 5.82 Å². The van der Waals surface area contributed by atoms with Crippen LogP contribution in [0.2, 0.25) is 0 Å². The molecule has 2 amide bonds. The maximum absolute atomic E-state index is 13.6. The molecule has 2 aliphatic rings. The number of halogens is 1. The number of aromatic nitrogens is 2. The molecule has 8 nitrogen and oxygen atoms in total. The molecule has 2 saturated heterocycles. The Bertz CT molecular complexity index is 874. The first kappa shape index (κ1) is 19.4. The van der Waals surface area contributed by atoms with E-state index in [2.05, 4.69) is 30.6 Å². The number of morpholine rings is 1. The topological polar surface area (TPSA) is 82.6 Å². The summed E-state index contributed by atoms with van der Waals surface area (Å²) in [6, 6.07) is 6.33. The van der Waals surface area contributed by atoms with Gasteiger partial charge in [0.2, 0.25) is 0 Å². The highest BCUT2D eigenvalue weighted by molar-refractivity contribution is 5.89. The number of nitrogens with zero attached hydrogens (tertiary/aromatic N) is 4. The van der Waals surface area contributed by atoms with Crippen LogP contribution in [0.1, 0.15) is 12.0 Å². The van der Waals surface area contributed by atoms with E-state index in [4.69, 9.17) is 4.74 Å². The molecule has 1 atom stereocenters. The molecular weight excluding hydrogens is 375 g/mol. The Labute approximate surface area is 169 Å². The van der Waals surface area contributed by atoms with Crippen LogP contribution < -0.4 is 20.4 Å². The number of aryl methyl sites for hydroxylation is 1. The summed E-state index contributed by atoms with van der Waals surface area (Å²) in [5.74, 6) is 0.466. The maximum atomic E-state index is 13.6. The fraction of sp³-hybridized carbons (Fsp3) is 0.450. The minimum Gasteiger partial charge on any atom is -0.378 e. The second-order valence-electron chi connectivity index (χ2n) is 7.37. The second kappa shape index (κ2) is 8.60. The molecule has 1 unspecified atom stereocenters. The quantitative estimate of drug-likeness (QED) is 0.819. The number of rotatable bonds is 4. The van der Waals surface area contributed by atoms with Crippen LogP contribution in [0.4, 0.5) is 26.4 Å². The predicted molar refractivity (Wildman–Crippen MR) is 109 cm³/mol. The highest BCUT2D eigenvalue weighted by Crippen LogP contribution is 2.23. The summed E-state index contributed by atoms with van der Waals surface area (Å²) in [4.78, 5) is 16.6. The fourth-order valence-corrected chi connectivity index (χ4v) is 3.60. The molecule has 1 aromatic carbocycles. The van der Waals surface area contributed by atoms with Crippen LogP contribution in [0.5, 0.6) is 0 Å². The van der Waals surface area contributed by atoms with Crippen LogP contribution >= 0.6 is 0 Å². The van der Waals surface area contributed by atoms with E-state index in [1.54, 1.807) is 25.3 Å². The monoisotopic (exact) mass is 400 g/mol. The number of hydrogen-bond acceptors (Lipinski definition) is 6. The van der Waals surface area contributed by atoms with Gasteiger partial charge in [0.1, 0.15) is 5.82 Å². The van der Waals surface area contributed by atoms with E-state index in [0.29, 0.717) is 31.0 Å². The molecule has 2 N–H and O–H groups in total. The lowest BCUT2D eigenvalue weighted by molar-refractivity contribution is 0.122. The van der Waals surface area contributed by atoms with Crippen LogP contribution in [-0.4, -0.2) is 61.7 Å². The van der Waals surface area contributed by atoms with Gasteiger partial charge in [-0.25, -0.2) is 9.18 Å². The molecule has 0 radical (unpaired) electrons. The Kier molecular flexibility index (Phi) is 5.75. The smallest absolute Gasteiger partial charge is 0.319 e. The average molecular weight is 400 g/mol. The van der Waals surface area contributed by atoms with Crippen molar-refractivity contribution in [1.82, 2.24) is 15.5 Å². The first-order chi connectivity index (χ1) is 14.1. The third kappa shape index (κ3) is 4.73. The highest BCUT2D eigenvalue weighted by Gasteiger charge is 2.26. The normalized spacial score (nSPS) is 19.3. The minimum absolute atomic E-state index is 0.0147. The van der Waals surface area contributed by atoms with E-state index >= 15 is 0 Å². The van der Waals surface area contributed by atoms with Gasteiger partial charge in [-0.2, -0.15) is 5.10 Å². The molecular formula is C20H25FN6O2. The van der Waals surface area contributed by atoms with Crippen molar-refractivity contribution in [2.75, 3.05) is 54.5 Å². The Morgan fingerprint density at radius 1 is 1.21 bits per heavy atom. The number of carbonyl (C=O) groups excluding carboxylic acids is 1. The van der Waals surface area contributed by atoms with E-state index < -0.39 is 0 Å². The van der Waals surface area contributed by atoms with Gasteiger partial charge in [-0.3, -0.25) is 0 Å². The number of urea groups is 1. The summed E-state index contributed by atoms with van der Waals surface area (Å²) < 4.78 is 19.0. The lowest BCUT2D eigenvalue weighted by Gasteiger charge is -2.29. The summed E-state index contributed by atoms with van der Waals surface area (Å²) >= 11 is 0. The zero-order valence-corrected chi connectivity index (χ0v) is 16.4. The zero-order chi connectivity index (χ0) is 20.2. The maximum Gasteiger partial charge on any atom is 0.319 e. The van der Waals surface area contributed by atoms with Gasteiger partial charge in [0.05, 0.1) is 25.1 Å². The summed E-state index contributed by atoms with van der Waals surface area (Å²) in [6.07, 6.45) is 2.58. The van der Waals surface area contributed by atoms with Crippen LogP contribution in [0, 0.1) is 12.7 Å². The number of benzene rings is 1. The van der Waals surface area contributed by atoms with Gasteiger partial charge in [-0.1, -0.05) is 6.07 Å². The number of hydrogen-bond donors (Lipinski definition) is 2. The van der Waals surface area contributed by atoms with Gasteiger partial charge in [0, 0.05) is 44.0 Å². The molecule has 9 heteroatoms. The Hall–Kier alpha value is -2.94. The van der Waals surface area contributed by atoms with Crippen molar-refractivity contribution < 1.29 is 13.9 Å². The van der Waals surface area contributed by atoms with E-state index in [-0.39, 0.29) is 17.9 Å². The third-order valence-corrected chi connectivity index (χ3v) is 5.28. The molecule has 2 aliphatic heterocycles. The lowest BCUT2D eigenvalue weighted by atomic mass is 10.2. The summed E-state index contributed by atoms with van der Waals surface area (Å²) in [6.45, 7) is 6.23. The van der Waals surface area contributed by atoms with Crippen LogP contribution in [0.3, 0.4) is 0 Å². The van der Waals surface area contributed by atoms with Crippen LogP contribution in [-0.2, 0) is 4.74 Å². The zero-order valence-electron chi connectivity index (χ0n) is 16.4. The molecule has 29 heavy (non-hydrogen) atoms. The third-order valence-electron chi connectivity index (χ3n) is 5.28. The van der Waals surface area contributed by atoms with Crippen molar-refractivity contribution in [2.45, 2.75) is 19.4 Å². The van der Waals surface area contributed by atoms with E-state index in [1.807, 2.05) is 6.07 Å². The number of ether oxygens (including phenoxy) is 1. The van der Waals surface area contributed by atoms with Crippen LogP contribution in [0.25, 0.3) is 0 Å². The largest absolute Gasteiger partial charge is 0.378 e. The first-order valence-electron chi connectivity index (χ1n) is 9.82. The first-order valence-corrected chi connectivity index (χ1v) is 9.82. The molecule has 0 bridgehead atoms. The van der Waals surface area contributed by atoms with E-state index in [1.165, 1.54) is 6.07 Å². The molecule has 3 heterocycles. The Morgan fingerprint density at radius 3 is 2.83 bits per heavy atom. The average Bonchev–Trinajstić information content (AvgIpc) is 3.20. The van der Waals surface area contributed by atoms with Crippen molar-refractivity contribution in [3.8, 4) is 0 Å². The van der Waals surface area contributed by atoms with E-state index in [9.17, 15) is 9.18 Å². The number of carbonyl (C=O) groups is 1. The van der Waals surface area contributed by atoms with Gasteiger partial charge in [-0.15, -0.1) is 5.10 Å². The molecule has 0 spiro atoms. The SMILES string of the molecule is Cc1ccc(NC(=O)NC2CCN(c3cc(N4CCOCC4)cnn3)C2)cc1F. The molecule has 2 aromatic rings. The van der Waals surface area contributed by atoms with Gasteiger partial charge in [0.25, 0.3) is 0 Å². The minimum atomic E-state index is -0.340. The highest BCUT2D eigenvalue weighted by atomic mass is 19.1. The number of nitrogens with one attached hydrogen (secondary N) is 2. The lowest BCUT2D eigenvalue weighted by Crippen LogP contribution is -2.40. The summed E-state index contributed by atoms with van der Waals surface area (Å²) in [5.41, 5.74) is 2.01. The van der Waals surface area contributed by atoms with Crippen LogP contribution in [0.15, 0.2) is 30.5 Å². The second-order valence-corrected chi connectivity index (χ2v) is 7.37. The van der Waals surface area contributed by atoms with Gasteiger partial charge >= 0.3 is 6.03 Å². The number of amides is 2. The Balaban J connectivity index is 1.33. The molecule has 4 rings (SSSR count). The van der Waals surface area contributed by atoms with Crippen molar-refractivity contribution in [2.24, 2.45) is 0 Å². The molecule has 2 fully saturated rings. The van der Waals surface area contributed by atoms with Crippen molar-refractivity contribution >= 4 is 23.2 Å². The molecule has 0 saturated carbocycles. The van der Waals surface area contributed by atoms with Crippen molar-refractivity contribution in [3.63, 3.8) is 0 Å². The summed E-state index contributed by atoms with van der Waals surface area (Å²) in [7, 11) is 0. The molecule has 0 aliphatic carbocycles. The van der Waals surface area contributed by atoms with Crippen molar-refractivity contribution in [1.29, 1.82) is 0 Å². The standard InChI is InChI=1S/C20H25FN6O2/c1-14-2-3-15(10-18(14)21)23-20(28)24-16-4-5-27(13-16)19-11-17(12-22-25-19)26-6-8-29-9-7-26/h2-3,10-12,16H,4-9,13H2,1H3,(H2,23,24,28). The van der Waals surface area contributed by atoms with Gasteiger partial charge in [-0.05, 0) is 31.0 Å². The van der Waals surface area contributed by atoms with Crippen molar-refractivity contribution in [3.05, 3.63) is 41.8 Å².